The van der Waals surface area contributed by atoms with Gasteiger partial charge in [-0.2, -0.15) is 5.10 Å². The van der Waals surface area contributed by atoms with Gasteiger partial charge in [-0.25, -0.2) is 9.67 Å². The first-order valence-corrected chi connectivity index (χ1v) is 7.33. The van der Waals surface area contributed by atoms with Crippen molar-refractivity contribution in [3.63, 3.8) is 0 Å². The maximum Gasteiger partial charge on any atom is 0.153 e. The molecular weight excluding hydrogens is 274 g/mol. The molecule has 1 aliphatic rings. The second-order valence-electron chi connectivity index (χ2n) is 5.22. The van der Waals surface area contributed by atoms with E-state index in [0.29, 0.717) is 12.5 Å². The Kier molecular flexibility index (Phi) is 4.03. The maximum atomic E-state index is 6.26. The van der Waals surface area contributed by atoms with Gasteiger partial charge in [0, 0.05) is 24.2 Å². The van der Waals surface area contributed by atoms with Gasteiger partial charge in [-0.1, -0.05) is 23.7 Å². The van der Waals surface area contributed by atoms with Crippen LogP contribution in [-0.4, -0.2) is 28.0 Å². The number of ether oxygens (including phenoxy) is 1. The molecule has 20 heavy (non-hydrogen) atoms. The number of aromatic nitrogens is 3. The molecule has 0 N–H and O–H groups in total. The first-order valence-electron chi connectivity index (χ1n) is 6.95. The minimum absolute atomic E-state index is 0.428. The third-order valence-electron chi connectivity index (χ3n) is 3.81. The fraction of sp³-hybridized carbons (Fsp3) is 0.467. The van der Waals surface area contributed by atoms with E-state index in [4.69, 9.17) is 16.3 Å². The smallest absolute Gasteiger partial charge is 0.153 e. The molecule has 5 heteroatoms. The molecule has 1 aliphatic heterocycles. The Morgan fingerprint density at radius 2 is 2.15 bits per heavy atom. The first kappa shape index (κ1) is 13.6. The van der Waals surface area contributed by atoms with Gasteiger partial charge in [-0.15, -0.1) is 0 Å². The highest BCUT2D eigenvalue weighted by Crippen LogP contribution is 2.24. The molecule has 0 aliphatic carbocycles. The molecule has 1 aromatic carbocycles. The van der Waals surface area contributed by atoms with Crippen LogP contribution in [0.4, 0.5) is 0 Å². The standard InChI is InChI=1S/C15H18ClN3O/c1-11-3-2-4-14(16)13(11)9-19-10-17-15(18-19)12-5-7-20-8-6-12/h2-4,10,12H,5-9H2,1H3. The Bertz CT molecular complexity index is 570. The van der Waals surface area contributed by atoms with Crippen molar-refractivity contribution in [3.8, 4) is 0 Å². The van der Waals surface area contributed by atoms with Gasteiger partial charge in [0.2, 0.25) is 0 Å². The van der Waals surface area contributed by atoms with Crippen LogP contribution in [0.25, 0.3) is 0 Å². The van der Waals surface area contributed by atoms with Gasteiger partial charge in [0.05, 0.1) is 6.54 Å². The topological polar surface area (TPSA) is 39.9 Å². The van der Waals surface area contributed by atoms with Crippen LogP contribution < -0.4 is 0 Å². The predicted molar refractivity (Wildman–Crippen MR) is 78.1 cm³/mol. The van der Waals surface area contributed by atoms with Crippen LogP contribution in [0.5, 0.6) is 0 Å². The molecule has 0 bridgehead atoms. The zero-order valence-corrected chi connectivity index (χ0v) is 12.3. The summed E-state index contributed by atoms with van der Waals surface area (Å²) in [6.45, 7) is 4.35. The molecule has 0 amide bonds. The fourth-order valence-electron chi connectivity index (χ4n) is 2.56. The molecule has 106 valence electrons. The van der Waals surface area contributed by atoms with E-state index in [-0.39, 0.29) is 0 Å². The summed E-state index contributed by atoms with van der Waals surface area (Å²) >= 11 is 6.26. The summed E-state index contributed by atoms with van der Waals surface area (Å²) in [5.41, 5.74) is 2.29. The number of rotatable bonds is 3. The summed E-state index contributed by atoms with van der Waals surface area (Å²) in [6, 6.07) is 5.95. The lowest BCUT2D eigenvalue weighted by molar-refractivity contribution is 0.0835. The van der Waals surface area contributed by atoms with Gasteiger partial charge in [-0.3, -0.25) is 0 Å². The van der Waals surface area contributed by atoms with Crippen molar-refractivity contribution in [1.82, 2.24) is 14.8 Å². The summed E-state index contributed by atoms with van der Waals surface area (Å²) in [7, 11) is 0. The third kappa shape index (κ3) is 2.86. The summed E-state index contributed by atoms with van der Waals surface area (Å²) < 4.78 is 7.25. The lowest BCUT2D eigenvalue weighted by Gasteiger charge is -2.18. The predicted octanol–water partition coefficient (Wildman–Crippen LogP) is 3.18. The van der Waals surface area contributed by atoms with E-state index in [1.807, 2.05) is 16.8 Å². The molecule has 0 atom stereocenters. The van der Waals surface area contributed by atoms with E-state index in [0.717, 1.165) is 42.5 Å². The zero-order valence-electron chi connectivity index (χ0n) is 11.6. The average Bonchev–Trinajstić information content (AvgIpc) is 2.93. The summed E-state index contributed by atoms with van der Waals surface area (Å²) in [6.07, 6.45) is 3.82. The summed E-state index contributed by atoms with van der Waals surface area (Å²) in [5.74, 6) is 1.36. The highest BCUT2D eigenvalue weighted by atomic mass is 35.5. The van der Waals surface area contributed by atoms with Crippen molar-refractivity contribution < 1.29 is 4.74 Å². The number of aryl methyl sites for hydroxylation is 1. The van der Waals surface area contributed by atoms with Crippen molar-refractivity contribution in [1.29, 1.82) is 0 Å². The first-order chi connectivity index (χ1) is 9.74. The Labute approximate surface area is 123 Å². The normalized spacial score (nSPS) is 16.5. The van der Waals surface area contributed by atoms with E-state index >= 15 is 0 Å². The Morgan fingerprint density at radius 1 is 1.35 bits per heavy atom. The van der Waals surface area contributed by atoms with Crippen molar-refractivity contribution >= 4 is 11.6 Å². The number of halogens is 1. The molecule has 0 saturated carbocycles. The van der Waals surface area contributed by atoms with Crippen LogP contribution in [0, 0.1) is 6.92 Å². The van der Waals surface area contributed by atoms with Crippen LogP contribution in [0.2, 0.25) is 5.02 Å². The summed E-state index contributed by atoms with van der Waals surface area (Å²) in [4.78, 5) is 4.45. The molecule has 3 rings (SSSR count). The largest absolute Gasteiger partial charge is 0.381 e. The monoisotopic (exact) mass is 291 g/mol. The third-order valence-corrected chi connectivity index (χ3v) is 4.17. The van der Waals surface area contributed by atoms with Gasteiger partial charge in [0.25, 0.3) is 0 Å². The number of hydrogen-bond acceptors (Lipinski definition) is 3. The van der Waals surface area contributed by atoms with Gasteiger partial charge in [-0.05, 0) is 37.0 Å². The quantitative estimate of drug-likeness (QED) is 0.872. The van der Waals surface area contributed by atoms with E-state index < -0.39 is 0 Å². The molecule has 2 aromatic rings. The molecular formula is C15H18ClN3O. The summed E-state index contributed by atoms with van der Waals surface area (Å²) in [5, 5.41) is 5.39. The van der Waals surface area contributed by atoms with Crippen LogP contribution in [-0.2, 0) is 11.3 Å². The Morgan fingerprint density at radius 3 is 2.90 bits per heavy atom. The molecule has 0 radical (unpaired) electrons. The number of nitrogens with zero attached hydrogens (tertiary/aromatic N) is 3. The molecule has 1 aromatic heterocycles. The van der Waals surface area contributed by atoms with Crippen LogP contribution >= 0.6 is 11.6 Å². The van der Waals surface area contributed by atoms with Gasteiger partial charge >= 0.3 is 0 Å². The lowest BCUT2D eigenvalue weighted by Crippen LogP contribution is -2.15. The minimum atomic E-state index is 0.428. The van der Waals surface area contributed by atoms with Crippen molar-refractivity contribution in [2.45, 2.75) is 32.2 Å². The molecule has 4 nitrogen and oxygen atoms in total. The highest BCUT2D eigenvalue weighted by molar-refractivity contribution is 6.31. The number of benzene rings is 1. The molecule has 0 unspecified atom stereocenters. The second kappa shape index (κ2) is 5.94. The number of hydrogen-bond donors (Lipinski definition) is 0. The Balaban J connectivity index is 1.77. The zero-order chi connectivity index (χ0) is 13.9. The van der Waals surface area contributed by atoms with Crippen molar-refractivity contribution in [2.24, 2.45) is 0 Å². The molecule has 1 saturated heterocycles. The van der Waals surface area contributed by atoms with Crippen LogP contribution in [0.3, 0.4) is 0 Å². The van der Waals surface area contributed by atoms with E-state index in [1.165, 1.54) is 5.56 Å². The second-order valence-corrected chi connectivity index (χ2v) is 5.63. The van der Waals surface area contributed by atoms with E-state index in [9.17, 15) is 0 Å². The minimum Gasteiger partial charge on any atom is -0.381 e. The SMILES string of the molecule is Cc1cccc(Cl)c1Cn1cnc(C2CCOCC2)n1. The average molecular weight is 292 g/mol. The van der Waals surface area contributed by atoms with Gasteiger partial charge < -0.3 is 4.74 Å². The molecule has 1 fully saturated rings. The fourth-order valence-corrected chi connectivity index (χ4v) is 2.84. The van der Waals surface area contributed by atoms with E-state index in [1.54, 1.807) is 6.33 Å². The Hall–Kier alpha value is -1.39. The lowest BCUT2D eigenvalue weighted by atomic mass is 10.00. The maximum absolute atomic E-state index is 6.26. The van der Waals surface area contributed by atoms with Crippen LogP contribution in [0.1, 0.15) is 35.7 Å². The van der Waals surface area contributed by atoms with Crippen LogP contribution in [0.15, 0.2) is 24.5 Å². The van der Waals surface area contributed by atoms with Crippen molar-refractivity contribution in [3.05, 3.63) is 46.5 Å². The highest BCUT2D eigenvalue weighted by Gasteiger charge is 2.19. The van der Waals surface area contributed by atoms with Gasteiger partial charge in [0.1, 0.15) is 6.33 Å². The van der Waals surface area contributed by atoms with E-state index in [2.05, 4.69) is 23.1 Å². The molecule has 2 heterocycles. The molecule has 0 spiro atoms. The van der Waals surface area contributed by atoms with Crippen molar-refractivity contribution in [2.75, 3.05) is 13.2 Å². The van der Waals surface area contributed by atoms with Gasteiger partial charge in [0.15, 0.2) is 5.82 Å².